The number of hydrogen-bond acceptors (Lipinski definition) is 6. The number of pyridine rings is 1. The minimum absolute atomic E-state index is 0.255. The summed E-state index contributed by atoms with van der Waals surface area (Å²) in [6.45, 7) is 7.47. The van der Waals surface area contributed by atoms with E-state index in [1.54, 1.807) is 43.5 Å². The standard InChI is InChI=1S/C27H31N5O2/c1-19(2)17-32(12-13-34-3)18-20-14-23(15-28)26(30-16-20)21-8-10-22(11-9-21)27(33)31-25-7-5-4-6-24(25)29/h4-11,14,16,19H,12-13,17-18,29H2,1-3H3,(H,31,33). The highest BCUT2D eigenvalue weighted by Gasteiger charge is 2.14. The number of nitrogens with one attached hydrogen (secondary N) is 1. The summed E-state index contributed by atoms with van der Waals surface area (Å²) in [5, 5.41) is 12.6. The number of nitrogens with two attached hydrogens (primary N) is 1. The molecule has 0 saturated heterocycles. The lowest BCUT2D eigenvalue weighted by Gasteiger charge is -2.24. The Morgan fingerprint density at radius 1 is 1.21 bits per heavy atom. The van der Waals surface area contributed by atoms with Crippen LogP contribution in [0.1, 0.15) is 35.3 Å². The Kier molecular flexibility index (Phi) is 8.74. The molecule has 3 rings (SSSR count). The molecule has 7 nitrogen and oxygen atoms in total. The van der Waals surface area contributed by atoms with Crippen molar-refractivity contribution in [1.29, 1.82) is 5.26 Å². The number of nitrogen functional groups attached to an aromatic ring is 1. The van der Waals surface area contributed by atoms with Crippen molar-refractivity contribution >= 4 is 17.3 Å². The van der Waals surface area contributed by atoms with E-state index in [1.165, 1.54) is 0 Å². The molecule has 1 aromatic heterocycles. The van der Waals surface area contributed by atoms with Gasteiger partial charge in [0.25, 0.3) is 5.91 Å². The summed E-state index contributed by atoms with van der Waals surface area (Å²) >= 11 is 0. The van der Waals surface area contributed by atoms with E-state index in [2.05, 4.69) is 35.1 Å². The molecule has 3 aromatic rings. The van der Waals surface area contributed by atoms with Crippen LogP contribution in [-0.4, -0.2) is 42.6 Å². The SMILES string of the molecule is COCCN(Cc1cnc(-c2ccc(C(=O)Nc3ccccc3N)cc2)c(C#N)c1)CC(C)C. The second-order valence-electron chi connectivity index (χ2n) is 8.59. The molecule has 34 heavy (non-hydrogen) atoms. The van der Waals surface area contributed by atoms with Crippen LogP contribution < -0.4 is 11.1 Å². The first-order chi connectivity index (χ1) is 16.4. The van der Waals surface area contributed by atoms with Crippen LogP contribution in [0.3, 0.4) is 0 Å². The Balaban J connectivity index is 1.76. The Labute approximate surface area is 201 Å². The maximum absolute atomic E-state index is 12.6. The highest BCUT2D eigenvalue weighted by Crippen LogP contribution is 2.24. The van der Waals surface area contributed by atoms with Gasteiger partial charge in [-0.05, 0) is 41.8 Å². The molecule has 1 amide bonds. The Hall–Kier alpha value is -3.73. The van der Waals surface area contributed by atoms with Crippen molar-refractivity contribution in [2.24, 2.45) is 5.92 Å². The van der Waals surface area contributed by atoms with Gasteiger partial charge >= 0.3 is 0 Å². The number of carbonyl (C=O) groups is 1. The van der Waals surface area contributed by atoms with Crippen LogP contribution >= 0.6 is 0 Å². The van der Waals surface area contributed by atoms with Crippen molar-refractivity contribution in [2.45, 2.75) is 20.4 Å². The largest absolute Gasteiger partial charge is 0.397 e. The first kappa shape index (κ1) is 24.9. The summed E-state index contributed by atoms with van der Waals surface area (Å²) in [7, 11) is 1.70. The van der Waals surface area contributed by atoms with Gasteiger partial charge in [-0.1, -0.05) is 38.1 Å². The fourth-order valence-electron chi connectivity index (χ4n) is 3.72. The lowest BCUT2D eigenvalue weighted by Crippen LogP contribution is -2.30. The van der Waals surface area contributed by atoms with Crippen LogP contribution in [0.15, 0.2) is 60.8 Å². The summed E-state index contributed by atoms with van der Waals surface area (Å²) in [6.07, 6.45) is 1.81. The summed E-state index contributed by atoms with van der Waals surface area (Å²) in [4.78, 5) is 19.5. The number of nitrogens with zero attached hydrogens (tertiary/aromatic N) is 3. The minimum Gasteiger partial charge on any atom is -0.397 e. The van der Waals surface area contributed by atoms with Crippen LogP contribution in [0, 0.1) is 17.2 Å². The number of carbonyl (C=O) groups excluding carboxylic acids is 1. The van der Waals surface area contributed by atoms with Crippen molar-refractivity contribution in [3.8, 4) is 17.3 Å². The number of benzene rings is 2. The summed E-state index contributed by atoms with van der Waals surface area (Å²) in [5.41, 5.74) is 10.3. The zero-order valence-corrected chi connectivity index (χ0v) is 19.9. The summed E-state index contributed by atoms with van der Waals surface area (Å²) in [5.74, 6) is 0.267. The average molecular weight is 458 g/mol. The predicted molar refractivity (Wildman–Crippen MR) is 135 cm³/mol. The predicted octanol–water partition coefficient (Wildman–Crippen LogP) is 4.56. The average Bonchev–Trinajstić information content (AvgIpc) is 2.83. The second kappa shape index (κ2) is 11.9. The van der Waals surface area contributed by atoms with Gasteiger partial charge in [0.05, 0.1) is 29.2 Å². The molecule has 0 radical (unpaired) electrons. The minimum atomic E-state index is -0.255. The Morgan fingerprint density at radius 3 is 2.59 bits per heavy atom. The molecule has 0 aliphatic carbocycles. The van der Waals surface area contributed by atoms with Gasteiger partial charge in [-0.25, -0.2) is 0 Å². The normalized spacial score (nSPS) is 10.9. The number of rotatable bonds is 10. The maximum atomic E-state index is 12.6. The number of amides is 1. The molecule has 0 bridgehead atoms. The third-order valence-corrected chi connectivity index (χ3v) is 5.34. The smallest absolute Gasteiger partial charge is 0.255 e. The molecule has 3 N–H and O–H groups in total. The van der Waals surface area contributed by atoms with E-state index < -0.39 is 0 Å². The van der Waals surface area contributed by atoms with Crippen LogP contribution in [0.5, 0.6) is 0 Å². The highest BCUT2D eigenvalue weighted by atomic mass is 16.5. The third-order valence-electron chi connectivity index (χ3n) is 5.34. The first-order valence-electron chi connectivity index (χ1n) is 11.3. The lowest BCUT2D eigenvalue weighted by atomic mass is 10.0. The van der Waals surface area contributed by atoms with Crippen molar-refractivity contribution in [2.75, 3.05) is 37.9 Å². The molecule has 0 atom stereocenters. The molecule has 7 heteroatoms. The van der Waals surface area contributed by atoms with Crippen molar-refractivity contribution < 1.29 is 9.53 Å². The number of methoxy groups -OCH3 is 1. The molecule has 0 aliphatic rings. The van der Waals surface area contributed by atoms with E-state index >= 15 is 0 Å². The molecule has 0 aliphatic heterocycles. The zero-order chi connectivity index (χ0) is 24.5. The molecule has 0 spiro atoms. The number of anilines is 2. The molecule has 176 valence electrons. The maximum Gasteiger partial charge on any atom is 0.255 e. The van der Waals surface area contributed by atoms with Crippen molar-refractivity contribution in [1.82, 2.24) is 9.88 Å². The monoisotopic (exact) mass is 457 g/mol. The zero-order valence-electron chi connectivity index (χ0n) is 19.9. The van der Waals surface area contributed by atoms with Gasteiger partial charge in [-0.3, -0.25) is 14.7 Å². The van der Waals surface area contributed by atoms with Gasteiger partial charge in [-0.2, -0.15) is 5.26 Å². The molecular weight excluding hydrogens is 426 g/mol. The summed E-state index contributed by atoms with van der Waals surface area (Å²) in [6, 6.07) is 18.3. The van der Waals surface area contributed by atoms with E-state index in [1.807, 2.05) is 24.4 Å². The second-order valence-corrected chi connectivity index (χ2v) is 8.59. The van der Waals surface area contributed by atoms with Crippen molar-refractivity contribution in [3.63, 3.8) is 0 Å². The Morgan fingerprint density at radius 2 is 1.94 bits per heavy atom. The third kappa shape index (κ3) is 6.64. The molecular formula is C27H31N5O2. The van der Waals surface area contributed by atoms with E-state index in [9.17, 15) is 10.1 Å². The summed E-state index contributed by atoms with van der Waals surface area (Å²) < 4.78 is 5.23. The number of hydrogen-bond donors (Lipinski definition) is 2. The number of ether oxygens (including phenoxy) is 1. The number of para-hydroxylation sites is 2. The van der Waals surface area contributed by atoms with E-state index in [-0.39, 0.29) is 5.91 Å². The molecule has 2 aromatic carbocycles. The topological polar surface area (TPSA) is 104 Å². The number of nitriles is 1. The van der Waals surface area contributed by atoms with Crippen LogP contribution in [0.25, 0.3) is 11.3 Å². The van der Waals surface area contributed by atoms with Crippen LogP contribution in [-0.2, 0) is 11.3 Å². The van der Waals surface area contributed by atoms with Crippen LogP contribution in [0.4, 0.5) is 11.4 Å². The molecule has 1 heterocycles. The Bertz CT molecular complexity index is 1150. The van der Waals surface area contributed by atoms with Gasteiger partial charge in [0.15, 0.2) is 0 Å². The molecule has 0 fully saturated rings. The first-order valence-corrected chi connectivity index (χ1v) is 11.3. The lowest BCUT2D eigenvalue weighted by molar-refractivity contribution is 0.102. The number of aromatic nitrogens is 1. The van der Waals surface area contributed by atoms with E-state index in [4.69, 9.17) is 10.5 Å². The fourth-order valence-corrected chi connectivity index (χ4v) is 3.72. The van der Waals surface area contributed by atoms with Gasteiger partial charge in [0, 0.05) is 44.1 Å². The van der Waals surface area contributed by atoms with Crippen molar-refractivity contribution in [3.05, 3.63) is 77.5 Å². The van der Waals surface area contributed by atoms with Crippen LogP contribution in [0.2, 0.25) is 0 Å². The van der Waals surface area contributed by atoms with Gasteiger partial charge < -0.3 is 15.8 Å². The highest BCUT2D eigenvalue weighted by molar-refractivity contribution is 6.05. The van der Waals surface area contributed by atoms with E-state index in [0.29, 0.717) is 47.3 Å². The molecule has 0 unspecified atom stereocenters. The van der Waals surface area contributed by atoms with E-state index in [0.717, 1.165) is 24.2 Å². The quantitative estimate of drug-likeness (QED) is 0.433. The van der Waals surface area contributed by atoms with Gasteiger partial charge in [-0.15, -0.1) is 0 Å². The fraction of sp³-hybridized carbons (Fsp3) is 0.296. The molecule has 0 saturated carbocycles. The van der Waals surface area contributed by atoms with Gasteiger partial charge in [0.1, 0.15) is 6.07 Å². The van der Waals surface area contributed by atoms with Gasteiger partial charge in [0.2, 0.25) is 0 Å².